The molecule has 6 rings (SSSR count). The molecular formula is C42H72O15. The van der Waals surface area contributed by atoms with E-state index < -0.39 is 110 Å². The number of aliphatic hydroxyl groups is 11. The van der Waals surface area contributed by atoms with Gasteiger partial charge in [0.15, 0.2) is 12.6 Å². The molecule has 2 heterocycles. The van der Waals surface area contributed by atoms with Crippen LogP contribution in [-0.2, 0) is 18.9 Å². The van der Waals surface area contributed by atoms with Crippen molar-refractivity contribution in [3.05, 3.63) is 12.2 Å². The van der Waals surface area contributed by atoms with Crippen molar-refractivity contribution in [3.63, 3.8) is 0 Å². The zero-order valence-corrected chi connectivity index (χ0v) is 34.9. The Hall–Kier alpha value is -0.860. The summed E-state index contributed by atoms with van der Waals surface area (Å²) in [5.41, 5.74) is -3.85. The number of rotatable bonds is 10. The SMILES string of the molecule is CC(C)(O)[C@H](O)/C=C/[C@](C)(O)[C@H]1CC[C@]2(C)[C@@H]1[C@H](O)C[C@@H]1[C@@]3(C)CC[C@H](O[C@@H]4O[C@H](CO)[C@@H](O)[C@@H](O)[C@H]4O[C@@H]4O[C@H](CO)[C@@H](O)[C@H](O)[C@H]4O)C(C)(C)[C@@H]3CC[C@]12C. The van der Waals surface area contributed by atoms with Gasteiger partial charge in [-0.3, -0.25) is 0 Å². The maximum Gasteiger partial charge on any atom is 0.187 e. The quantitative estimate of drug-likeness (QED) is 0.103. The van der Waals surface area contributed by atoms with Crippen LogP contribution in [0.25, 0.3) is 0 Å². The molecule has 15 nitrogen and oxygen atoms in total. The summed E-state index contributed by atoms with van der Waals surface area (Å²) >= 11 is 0. The standard InChI is InChI=1S/C42H72O15/c1-37(2)24-10-15-40(6)25(17-21(45)28-20(9-14-41(28,40)7)42(8,53)16-11-26(46)38(3,4)52)39(24,5)13-12-27(37)56-36-34(32(50)30(48)23(19-44)55-36)57-35-33(51)31(49)29(47)22(18-43)54-35/h11,16,20-36,43-53H,9-10,12-15,17-19H2,1-8H3/b16-11+/t20-,21+,22+,23+,24-,25+,26+,27-,28-,29+,30+,31-,32+,33+,34+,35-,36-,39-,40+,41+,42-/m0/s1. The molecule has 6 aliphatic rings. The Morgan fingerprint density at radius 3 is 1.88 bits per heavy atom. The van der Waals surface area contributed by atoms with Gasteiger partial charge in [0.2, 0.25) is 0 Å². The molecule has 0 radical (unpaired) electrons. The van der Waals surface area contributed by atoms with Crippen LogP contribution in [0.4, 0.5) is 0 Å². The summed E-state index contributed by atoms with van der Waals surface area (Å²) < 4.78 is 24.3. The van der Waals surface area contributed by atoms with Crippen LogP contribution in [0.15, 0.2) is 12.2 Å². The first-order valence-corrected chi connectivity index (χ1v) is 21.0. The fourth-order valence-electron chi connectivity index (χ4n) is 13.1. The van der Waals surface area contributed by atoms with Crippen molar-refractivity contribution in [1.29, 1.82) is 0 Å². The van der Waals surface area contributed by atoms with Crippen LogP contribution in [0.3, 0.4) is 0 Å². The largest absolute Gasteiger partial charge is 0.394 e. The van der Waals surface area contributed by atoms with E-state index in [1.807, 2.05) is 0 Å². The van der Waals surface area contributed by atoms with Crippen molar-refractivity contribution in [1.82, 2.24) is 0 Å². The number of hydrogen-bond donors (Lipinski definition) is 11. The molecule has 57 heavy (non-hydrogen) atoms. The maximum atomic E-state index is 12.2. The van der Waals surface area contributed by atoms with E-state index in [0.717, 1.165) is 25.7 Å². The second-order valence-corrected chi connectivity index (χ2v) is 20.6. The van der Waals surface area contributed by atoms with Gasteiger partial charge in [-0.25, -0.2) is 0 Å². The number of fused-ring (bicyclic) bond motifs is 5. The monoisotopic (exact) mass is 816 g/mol. The smallest absolute Gasteiger partial charge is 0.187 e. The van der Waals surface area contributed by atoms with Crippen molar-refractivity contribution in [2.75, 3.05) is 13.2 Å². The van der Waals surface area contributed by atoms with Gasteiger partial charge in [0.1, 0.15) is 54.9 Å². The van der Waals surface area contributed by atoms with Crippen LogP contribution in [0, 0.1) is 45.3 Å². The van der Waals surface area contributed by atoms with E-state index in [2.05, 4.69) is 34.6 Å². The van der Waals surface area contributed by atoms with Gasteiger partial charge in [0.25, 0.3) is 0 Å². The normalized spacial score (nSPS) is 51.8. The lowest BCUT2D eigenvalue weighted by Crippen LogP contribution is -2.67. The molecule has 4 aliphatic carbocycles. The topological polar surface area (TPSA) is 259 Å². The van der Waals surface area contributed by atoms with Crippen LogP contribution in [0.5, 0.6) is 0 Å². The van der Waals surface area contributed by atoms with Crippen molar-refractivity contribution in [2.24, 2.45) is 45.3 Å². The summed E-state index contributed by atoms with van der Waals surface area (Å²) in [6, 6.07) is 0. The van der Waals surface area contributed by atoms with Gasteiger partial charge in [0.05, 0.1) is 36.6 Å². The molecule has 11 N–H and O–H groups in total. The summed E-state index contributed by atoms with van der Waals surface area (Å²) in [7, 11) is 0. The number of hydrogen-bond acceptors (Lipinski definition) is 15. The highest BCUT2D eigenvalue weighted by Gasteiger charge is 2.71. The first-order valence-electron chi connectivity index (χ1n) is 21.0. The molecule has 6 fully saturated rings. The van der Waals surface area contributed by atoms with Crippen LogP contribution in [-0.4, -0.2) is 160 Å². The molecule has 0 unspecified atom stereocenters. The van der Waals surface area contributed by atoms with E-state index in [1.54, 1.807) is 13.0 Å². The predicted molar refractivity (Wildman–Crippen MR) is 204 cm³/mol. The van der Waals surface area contributed by atoms with Gasteiger partial charge in [-0.15, -0.1) is 0 Å². The second-order valence-electron chi connectivity index (χ2n) is 20.6. The van der Waals surface area contributed by atoms with Gasteiger partial charge in [-0.1, -0.05) is 46.8 Å². The Balaban J connectivity index is 1.23. The average molecular weight is 817 g/mol. The lowest BCUT2D eigenvalue weighted by atomic mass is 9.35. The average Bonchev–Trinajstić information content (AvgIpc) is 3.52. The number of ether oxygens (including phenoxy) is 4. The Morgan fingerprint density at radius 2 is 1.28 bits per heavy atom. The molecule has 0 amide bonds. The van der Waals surface area contributed by atoms with Gasteiger partial charge in [0, 0.05) is 0 Å². The van der Waals surface area contributed by atoms with E-state index in [1.165, 1.54) is 19.9 Å². The first-order chi connectivity index (χ1) is 26.3. The summed E-state index contributed by atoms with van der Waals surface area (Å²) in [4.78, 5) is 0. The summed E-state index contributed by atoms with van der Waals surface area (Å²) in [6.07, 6.45) is -9.42. The lowest BCUT2D eigenvalue weighted by molar-refractivity contribution is -0.378. The fraction of sp³-hybridized carbons (Fsp3) is 0.952. The molecule has 15 heteroatoms. The zero-order chi connectivity index (χ0) is 42.4. The molecule has 0 bridgehead atoms. The van der Waals surface area contributed by atoms with E-state index in [9.17, 15) is 56.2 Å². The lowest BCUT2D eigenvalue weighted by Gasteiger charge is -2.70. The molecule has 0 aromatic rings. The van der Waals surface area contributed by atoms with Gasteiger partial charge in [-0.2, -0.15) is 0 Å². The molecule has 330 valence electrons. The van der Waals surface area contributed by atoms with Gasteiger partial charge in [-0.05, 0) is 111 Å². The second kappa shape index (κ2) is 15.8. The molecule has 0 aromatic carbocycles. The van der Waals surface area contributed by atoms with Crippen molar-refractivity contribution in [3.8, 4) is 0 Å². The predicted octanol–water partition coefficient (Wildman–Crippen LogP) is 0.0906. The van der Waals surface area contributed by atoms with Gasteiger partial charge < -0.3 is 75.1 Å². The Morgan fingerprint density at radius 1 is 0.702 bits per heavy atom. The minimum absolute atomic E-state index is 0.123. The molecule has 2 aliphatic heterocycles. The van der Waals surface area contributed by atoms with E-state index in [0.29, 0.717) is 19.3 Å². The Bertz CT molecular complexity index is 1430. The minimum Gasteiger partial charge on any atom is -0.394 e. The third-order valence-electron chi connectivity index (χ3n) is 16.7. The summed E-state index contributed by atoms with van der Waals surface area (Å²) in [5.74, 6) is -0.175. The molecule has 0 aromatic heterocycles. The van der Waals surface area contributed by atoms with Crippen molar-refractivity contribution < 1.29 is 75.1 Å². The van der Waals surface area contributed by atoms with Crippen LogP contribution >= 0.6 is 0 Å². The summed E-state index contributed by atoms with van der Waals surface area (Å²) in [6.45, 7) is 14.7. The first kappa shape index (κ1) is 45.7. The Labute approximate surface area is 336 Å². The van der Waals surface area contributed by atoms with E-state index >= 15 is 0 Å². The van der Waals surface area contributed by atoms with Crippen molar-refractivity contribution in [2.45, 2.75) is 191 Å². The highest BCUT2D eigenvalue weighted by Crippen LogP contribution is 2.76. The molecular weight excluding hydrogens is 744 g/mol. The molecule has 4 saturated carbocycles. The van der Waals surface area contributed by atoms with Crippen molar-refractivity contribution >= 4 is 0 Å². The number of aliphatic hydroxyl groups excluding tert-OH is 9. The van der Waals surface area contributed by atoms with Crippen LogP contribution in [0.1, 0.15) is 100 Å². The fourth-order valence-corrected chi connectivity index (χ4v) is 13.1. The molecule has 2 saturated heterocycles. The van der Waals surface area contributed by atoms with Gasteiger partial charge >= 0.3 is 0 Å². The van der Waals surface area contributed by atoms with Crippen LogP contribution < -0.4 is 0 Å². The van der Waals surface area contributed by atoms with E-state index in [4.69, 9.17) is 18.9 Å². The maximum absolute atomic E-state index is 12.2. The highest BCUT2D eigenvalue weighted by atomic mass is 16.8. The third-order valence-corrected chi connectivity index (χ3v) is 16.7. The van der Waals surface area contributed by atoms with E-state index in [-0.39, 0.29) is 39.9 Å². The summed E-state index contributed by atoms with van der Waals surface area (Å²) in [5, 5.41) is 118. The molecule has 0 spiro atoms. The Kier molecular flexibility index (Phi) is 12.7. The minimum atomic E-state index is -1.77. The third kappa shape index (κ3) is 7.49. The van der Waals surface area contributed by atoms with Crippen LogP contribution in [0.2, 0.25) is 0 Å². The highest BCUT2D eigenvalue weighted by molar-refractivity contribution is 5.22. The zero-order valence-electron chi connectivity index (χ0n) is 34.9. The molecule has 21 atom stereocenters.